The molecule has 0 atom stereocenters. The molecule has 18 heavy (non-hydrogen) atoms. The van der Waals surface area contributed by atoms with E-state index in [1.54, 1.807) is 12.3 Å². The van der Waals surface area contributed by atoms with Gasteiger partial charge in [0.15, 0.2) is 4.77 Å². The average molecular weight is 259 g/mol. The van der Waals surface area contributed by atoms with Crippen LogP contribution < -0.4 is 5.73 Å². The zero-order valence-corrected chi connectivity index (χ0v) is 10.5. The number of hydrogen-bond acceptors (Lipinski definition) is 2. The van der Waals surface area contributed by atoms with Crippen LogP contribution in [0.5, 0.6) is 0 Å². The highest BCUT2D eigenvalue weighted by atomic mass is 32.1. The first kappa shape index (κ1) is 12.3. The molecular formula is C13H13N3OS. The highest BCUT2D eigenvalue weighted by Gasteiger charge is 1.96. The number of amides is 1. The topological polar surface area (TPSA) is 63.8 Å². The molecule has 1 aromatic carbocycles. The van der Waals surface area contributed by atoms with Crippen LogP contribution in [0, 0.1) is 4.77 Å². The number of nitrogens with two attached hydrogens (primary N) is 1. The third kappa shape index (κ3) is 2.95. The summed E-state index contributed by atoms with van der Waals surface area (Å²) in [4.78, 5) is 13.5. The number of primary amides is 1. The van der Waals surface area contributed by atoms with Crippen LogP contribution >= 0.6 is 12.2 Å². The molecule has 92 valence electrons. The van der Waals surface area contributed by atoms with Gasteiger partial charge in [-0.1, -0.05) is 24.3 Å². The van der Waals surface area contributed by atoms with E-state index in [0.717, 1.165) is 11.3 Å². The number of rotatable bonds is 4. The SMILES string of the molecule is NC(=O)CC=Cc1ccc(-n2cc[nH]c2=S)cc1. The maximum Gasteiger partial charge on any atom is 0.221 e. The van der Waals surface area contributed by atoms with E-state index in [1.807, 2.05) is 41.1 Å². The molecule has 4 nitrogen and oxygen atoms in total. The van der Waals surface area contributed by atoms with Crippen LogP contribution in [-0.4, -0.2) is 15.5 Å². The van der Waals surface area contributed by atoms with Crippen LogP contribution in [0.25, 0.3) is 11.8 Å². The van der Waals surface area contributed by atoms with Gasteiger partial charge in [0.1, 0.15) is 0 Å². The first-order valence-electron chi connectivity index (χ1n) is 5.48. The quantitative estimate of drug-likeness (QED) is 0.828. The third-order valence-electron chi connectivity index (χ3n) is 2.45. The van der Waals surface area contributed by atoms with E-state index < -0.39 is 0 Å². The largest absolute Gasteiger partial charge is 0.369 e. The Hall–Kier alpha value is -2.14. The first-order valence-corrected chi connectivity index (χ1v) is 5.89. The lowest BCUT2D eigenvalue weighted by molar-refractivity contribution is -0.117. The number of hydrogen-bond donors (Lipinski definition) is 2. The van der Waals surface area contributed by atoms with Gasteiger partial charge >= 0.3 is 0 Å². The standard InChI is InChI=1S/C13H13N3OS/c14-12(17)3-1-2-10-4-6-11(7-5-10)16-9-8-15-13(16)18/h1-2,4-9H,3H2,(H2,14,17)(H,15,18). The van der Waals surface area contributed by atoms with Gasteiger partial charge in [-0.2, -0.15) is 0 Å². The first-order chi connectivity index (χ1) is 8.66. The lowest BCUT2D eigenvalue weighted by Crippen LogP contribution is -2.07. The minimum atomic E-state index is -0.332. The molecule has 0 radical (unpaired) electrons. The van der Waals surface area contributed by atoms with Crippen molar-refractivity contribution >= 4 is 24.2 Å². The zero-order valence-electron chi connectivity index (χ0n) is 9.67. The number of carbonyl (C=O) groups excluding carboxylic acids is 1. The van der Waals surface area contributed by atoms with E-state index in [0.29, 0.717) is 4.77 Å². The Bertz CT molecular complexity index is 622. The molecule has 0 fully saturated rings. The summed E-state index contributed by atoms with van der Waals surface area (Å²) in [5.41, 5.74) is 7.06. The molecular weight excluding hydrogens is 246 g/mol. The summed E-state index contributed by atoms with van der Waals surface area (Å²) in [6, 6.07) is 7.85. The van der Waals surface area contributed by atoms with Crippen molar-refractivity contribution in [1.29, 1.82) is 0 Å². The molecule has 0 spiro atoms. The number of benzene rings is 1. The Morgan fingerprint density at radius 1 is 1.39 bits per heavy atom. The summed E-state index contributed by atoms with van der Waals surface area (Å²) in [7, 11) is 0. The third-order valence-corrected chi connectivity index (χ3v) is 2.76. The summed E-state index contributed by atoms with van der Waals surface area (Å²) in [6.07, 6.45) is 7.54. The molecule has 5 heteroatoms. The zero-order chi connectivity index (χ0) is 13.0. The second-order valence-corrected chi connectivity index (χ2v) is 4.19. The Balaban J connectivity index is 2.16. The normalized spacial score (nSPS) is 10.9. The van der Waals surface area contributed by atoms with Crippen molar-refractivity contribution in [2.75, 3.05) is 0 Å². The van der Waals surface area contributed by atoms with Gasteiger partial charge in [-0.3, -0.25) is 9.36 Å². The fourth-order valence-electron chi connectivity index (χ4n) is 1.58. The van der Waals surface area contributed by atoms with E-state index >= 15 is 0 Å². The maximum atomic E-state index is 10.6. The van der Waals surface area contributed by atoms with Crippen LogP contribution in [0.4, 0.5) is 0 Å². The van der Waals surface area contributed by atoms with Gasteiger partial charge in [0, 0.05) is 24.5 Å². The second-order valence-electron chi connectivity index (χ2n) is 3.80. The van der Waals surface area contributed by atoms with Crippen LogP contribution in [0.1, 0.15) is 12.0 Å². The van der Waals surface area contributed by atoms with E-state index in [1.165, 1.54) is 0 Å². The van der Waals surface area contributed by atoms with Crippen molar-refractivity contribution in [3.8, 4) is 5.69 Å². The van der Waals surface area contributed by atoms with Crippen molar-refractivity contribution in [2.45, 2.75) is 6.42 Å². The minimum Gasteiger partial charge on any atom is -0.369 e. The van der Waals surface area contributed by atoms with E-state index in [9.17, 15) is 4.79 Å². The van der Waals surface area contributed by atoms with Crippen molar-refractivity contribution in [3.05, 3.63) is 53.1 Å². The van der Waals surface area contributed by atoms with Gasteiger partial charge in [-0.15, -0.1) is 0 Å². The second kappa shape index (κ2) is 5.46. The van der Waals surface area contributed by atoms with Crippen LogP contribution in [-0.2, 0) is 4.79 Å². The number of aromatic amines is 1. The highest BCUT2D eigenvalue weighted by Crippen LogP contribution is 2.11. The lowest BCUT2D eigenvalue weighted by atomic mass is 10.2. The molecule has 1 amide bonds. The smallest absolute Gasteiger partial charge is 0.221 e. The minimum absolute atomic E-state index is 0.255. The van der Waals surface area contributed by atoms with Gasteiger partial charge in [-0.05, 0) is 29.9 Å². The van der Waals surface area contributed by atoms with Crippen LogP contribution in [0.2, 0.25) is 0 Å². The molecule has 2 rings (SSSR count). The molecule has 0 aliphatic rings. The summed E-state index contributed by atoms with van der Waals surface area (Å²) in [5.74, 6) is -0.332. The van der Waals surface area contributed by atoms with E-state index in [2.05, 4.69) is 4.98 Å². The monoisotopic (exact) mass is 259 g/mol. The highest BCUT2D eigenvalue weighted by molar-refractivity contribution is 7.71. The fraction of sp³-hybridized carbons (Fsp3) is 0.0769. The average Bonchev–Trinajstić information content (AvgIpc) is 2.76. The molecule has 1 aromatic heterocycles. The van der Waals surface area contributed by atoms with E-state index in [-0.39, 0.29) is 12.3 Å². The Morgan fingerprint density at radius 3 is 2.67 bits per heavy atom. The van der Waals surface area contributed by atoms with Crippen molar-refractivity contribution in [3.63, 3.8) is 0 Å². The Morgan fingerprint density at radius 2 is 2.11 bits per heavy atom. The van der Waals surface area contributed by atoms with Crippen LogP contribution in [0.3, 0.4) is 0 Å². The number of nitrogens with zero attached hydrogens (tertiary/aromatic N) is 1. The van der Waals surface area contributed by atoms with Gasteiger partial charge in [0.2, 0.25) is 5.91 Å². The number of H-pyrrole nitrogens is 1. The van der Waals surface area contributed by atoms with Gasteiger partial charge in [0.25, 0.3) is 0 Å². The lowest BCUT2D eigenvalue weighted by Gasteiger charge is -2.02. The molecule has 0 bridgehead atoms. The molecule has 2 aromatic rings. The van der Waals surface area contributed by atoms with Gasteiger partial charge in [0.05, 0.1) is 0 Å². The molecule has 0 aliphatic carbocycles. The summed E-state index contributed by atoms with van der Waals surface area (Å²) in [5, 5.41) is 0. The predicted octanol–water partition coefficient (Wildman–Crippen LogP) is 2.42. The maximum absolute atomic E-state index is 10.6. The van der Waals surface area contributed by atoms with Crippen molar-refractivity contribution in [2.24, 2.45) is 5.73 Å². The number of nitrogens with one attached hydrogen (secondary N) is 1. The Labute approximate surface area is 110 Å². The van der Waals surface area contributed by atoms with Crippen LogP contribution in [0.15, 0.2) is 42.7 Å². The van der Waals surface area contributed by atoms with Gasteiger partial charge in [-0.25, -0.2) is 0 Å². The van der Waals surface area contributed by atoms with Gasteiger partial charge < -0.3 is 10.7 Å². The number of carbonyl (C=O) groups is 1. The molecule has 0 saturated carbocycles. The van der Waals surface area contributed by atoms with E-state index in [4.69, 9.17) is 18.0 Å². The summed E-state index contributed by atoms with van der Waals surface area (Å²) >= 11 is 5.14. The fourth-order valence-corrected chi connectivity index (χ4v) is 1.82. The molecule has 1 heterocycles. The van der Waals surface area contributed by atoms with Crippen molar-refractivity contribution < 1.29 is 4.79 Å². The Kier molecular flexibility index (Phi) is 3.74. The summed E-state index contributed by atoms with van der Waals surface area (Å²) in [6.45, 7) is 0. The molecule has 0 saturated heterocycles. The predicted molar refractivity (Wildman–Crippen MR) is 73.8 cm³/mol. The summed E-state index contributed by atoms with van der Waals surface area (Å²) < 4.78 is 2.54. The van der Waals surface area contributed by atoms with Crippen molar-refractivity contribution in [1.82, 2.24) is 9.55 Å². The molecule has 0 aliphatic heterocycles. The number of aromatic nitrogens is 2. The molecule has 3 N–H and O–H groups in total. The number of imidazole rings is 1. The molecule has 0 unspecified atom stereocenters.